The Morgan fingerprint density at radius 3 is 2.44 bits per heavy atom. The van der Waals surface area contributed by atoms with Crippen molar-refractivity contribution >= 4 is 40.9 Å². The average molecular weight is 360 g/mol. The molecule has 1 heterocycles. The zero-order chi connectivity index (χ0) is 18.4. The van der Waals surface area contributed by atoms with Gasteiger partial charge >= 0.3 is 0 Å². The van der Waals surface area contributed by atoms with Crippen molar-refractivity contribution in [2.75, 3.05) is 22.5 Å². The molecule has 0 radical (unpaired) electrons. The van der Waals surface area contributed by atoms with Gasteiger partial charge in [-0.2, -0.15) is 0 Å². The number of nitrogens with zero attached hydrogens (tertiary/aromatic N) is 2. The molecular formula is C16H20N6O2S. The number of hydrogen-bond acceptors (Lipinski definition) is 7. The van der Waals surface area contributed by atoms with Crippen LogP contribution in [0.5, 0.6) is 0 Å². The molecule has 0 unspecified atom stereocenters. The summed E-state index contributed by atoms with van der Waals surface area (Å²) in [6, 6.07) is 8.25. The number of para-hydroxylation sites is 1. The maximum Gasteiger partial charge on any atom is 0.253 e. The standard InChI is InChI=1S/C16H20N6O2S/c1-9(2)19-15(24)10-5-3-4-6-11(10)20-14(23)8-25-16-21-12(17)7-13(18)22-16/h3-7,9H,8H2,1-2H3,(H,19,24)(H,20,23)(H4,17,18,21,22). The second kappa shape index (κ2) is 8.34. The van der Waals surface area contributed by atoms with E-state index in [1.165, 1.54) is 6.07 Å². The molecule has 0 aliphatic carbocycles. The Hall–Kier alpha value is -2.81. The topological polar surface area (TPSA) is 136 Å². The summed E-state index contributed by atoms with van der Waals surface area (Å²) in [5.74, 6) is 0.00495. The molecule has 1 aromatic heterocycles. The van der Waals surface area contributed by atoms with E-state index in [9.17, 15) is 9.59 Å². The van der Waals surface area contributed by atoms with E-state index in [-0.39, 0.29) is 35.2 Å². The summed E-state index contributed by atoms with van der Waals surface area (Å²) in [6.07, 6.45) is 0. The minimum Gasteiger partial charge on any atom is -0.383 e. The van der Waals surface area contributed by atoms with Crippen molar-refractivity contribution in [1.29, 1.82) is 0 Å². The fourth-order valence-electron chi connectivity index (χ4n) is 1.97. The van der Waals surface area contributed by atoms with Gasteiger partial charge in [0, 0.05) is 12.1 Å². The molecule has 0 bridgehead atoms. The van der Waals surface area contributed by atoms with E-state index in [2.05, 4.69) is 20.6 Å². The number of aromatic nitrogens is 2. The minimum absolute atomic E-state index is 0.00189. The zero-order valence-corrected chi connectivity index (χ0v) is 14.8. The van der Waals surface area contributed by atoms with E-state index in [4.69, 9.17) is 11.5 Å². The molecule has 8 nitrogen and oxygen atoms in total. The van der Waals surface area contributed by atoms with Crippen LogP contribution in [0.3, 0.4) is 0 Å². The first-order valence-corrected chi connectivity index (χ1v) is 8.56. The van der Waals surface area contributed by atoms with Gasteiger partial charge in [-0.15, -0.1) is 0 Å². The number of amides is 2. The Balaban J connectivity index is 2.02. The van der Waals surface area contributed by atoms with Crippen molar-refractivity contribution in [3.05, 3.63) is 35.9 Å². The quantitative estimate of drug-likeness (QED) is 0.453. The number of rotatable bonds is 6. The molecule has 0 atom stereocenters. The average Bonchev–Trinajstić information content (AvgIpc) is 2.52. The maximum atomic E-state index is 12.2. The Morgan fingerprint density at radius 1 is 1.16 bits per heavy atom. The molecule has 0 spiro atoms. The molecule has 132 valence electrons. The van der Waals surface area contributed by atoms with Crippen LogP contribution < -0.4 is 22.1 Å². The van der Waals surface area contributed by atoms with E-state index >= 15 is 0 Å². The van der Waals surface area contributed by atoms with Gasteiger partial charge in [-0.25, -0.2) is 9.97 Å². The maximum absolute atomic E-state index is 12.2. The molecule has 0 saturated carbocycles. The summed E-state index contributed by atoms with van der Waals surface area (Å²) in [5.41, 5.74) is 12.0. The number of nitrogen functional groups attached to an aromatic ring is 2. The fraction of sp³-hybridized carbons (Fsp3) is 0.250. The lowest BCUT2D eigenvalue weighted by Gasteiger charge is -2.13. The van der Waals surface area contributed by atoms with E-state index in [1.807, 2.05) is 13.8 Å². The summed E-state index contributed by atoms with van der Waals surface area (Å²) >= 11 is 1.11. The monoisotopic (exact) mass is 360 g/mol. The predicted octanol–water partition coefficient (Wildman–Crippen LogP) is 1.51. The molecule has 6 N–H and O–H groups in total. The zero-order valence-electron chi connectivity index (χ0n) is 13.9. The minimum atomic E-state index is -0.292. The molecule has 1 aromatic carbocycles. The van der Waals surface area contributed by atoms with Gasteiger partial charge in [-0.05, 0) is 26.0 Å². The summed E-state index contributed by atoms with van der Waals surface area (Å²) < 4.78 is 0. The summed E-state index contributed by atoms with van der Waals surface area (Å²) in [4.78, 5) is 32.4. The van der Waals surface area contributed by atoms with Gasteiger partial charge in [0.25, 0.3) is 5.91 Å². The Kier molecular flexibility index (Phi) is 6.18. The lowest BCUT2D eigenvalue weighted by atomic mass is 10.1. The molecule has 2 amide bonds. The molecule has 25 heavy (non-hydrogen) atoms. The van der Waals surface area contributed by atoms with E-state index in [0.717, 1.165) is 11.8 Å². The lowest BCUT2D eigenvalue weighted by molar-refractivity contribution is -0.113. The molecule has 2 rings (SSSR count). The highest BCUT2D eigenvalue weighted by Crippen LogP contribution is 2.19. The number of nitrogens with two attached hydrogens (primary N) is 2. The van der Waals surface area contributed by atoms with Crippen molar-refractivity contribution < 1.29 is 9.59 Å². The molecule has 0 saturated heterocycles. The van der Waals surface area contributed by atoms with Crippen LogP contribution in [0, 0.1) is 0 Å². The van der Waals surface area contributed by atoms with Crippen molar-refractivity contribution in [3.8, 4) is 0 Å². The first kappa shape index (κ1) is 18.5. The third kappa shape index (κ3) is 5.64. The summed E-state index contributed by atoms with van der Waals surface area (Å²) in [7, 11) is 0. The number of anilines is 3. The van der Waals surface area contributed by atoms with Crippen LogP contribution in [0.2, 0.25) is 0 Å². The number of hydrogen-bond donors (Lipinski definition) is 4. The van der Waals surface area contributed by atoms with Gasteiger partial charge in [-0.3, -0.25) is 9.59 Å². The number of nitrogens with one attached hydrogen (secondary N) is 2. The molecular weight excluding hydrogens is 340 g/mol. The van der Waals surface area contributed by atoms with Gasteiger partial charge in [0.2, 0.25) is 5.91 Å². The van der Waals surface area contributed by atoms with Crippen LogP contribution in [0.4, 0.5) is 17.3 Å². The van der Waals surface area contributed by atoms with Crippen LogP contribution in [0.25, 0.3) is 0 Å². The van der Waals surface area contributed by atoms with Gasteiger partial charge in [0.05, 0.1) is 17.0 Å². The first-order chi connectivity index (χ1) is 11.8. The molecule has 0 fully saturated rings. The number of carbonyl (C=O) groups excluding carboxylic acids is 2. The van der Waals surface area contributed by atoms with Crippen molar-refractivity contribution in [2.45, 2.75) is 25.0 Å². The third-order valence-corrected chi connectivity index (χ3v) is 3.79. The predicted molar refractivity (Wildman–Crippen MR) is 99.3 cm³/mol. The Labute approximate surface area is 149 Å². The molecule has 0 aliphatic rings. The summed E-state index contributed by atoms with van der Waals surface area (Å²) in [6.45, 7) is 3.74. The van der Waals surface area contributed by atoms with E-state index in [0.29, 0.717) is 16.4 Å². The van der Waals surface area contributed by atoms with E-state index in [1.54, 1.807) is 24.3 Å². The van der Waals surface area contributed by atoms with Gasteiger partial charge in [-0.1, -0.05) is 23.9 Å². The van der Waals surface area contributed by atoms with Crippen molar-refractivity contribution in [1.82, 2.24) is 15.3 Å². The molecule has 0 aliphatic heterocycles. The number of carbonyl (C=O) groups is 2. The van der Waals surface area contributed by atoms with Crippen LogP contribution in [0.15, 0.2) is 35.5 Å². The highest BCUT2D eigenvalue weighted by Gasteiger charge is 2.14. The smallest absolute Gasteiger partial charge is 0.253 e. The van der Waals surface area contributed by atoms with E-state index < -0.39 is 0 Å². The van der Waals surface area contributed by atoms with Gasteiger partial charge in [0.1, 0.15) is 11.6 Å². The molecule has 2 aromatic rings. The molecule has 9 heteroatoms. The highest BCUT2D eigenvalue weighted by molar-refractivity contribution is 7.99. The number of benzene rings is 1. The lowest BCUT2D eigenvalue weighted by Crippen LogP contribution is -2.31. The van der Waals surface area contributed by atoms with Crippen molar-refractivity contribution in [3.63, 3.8) is 0 Å². The van der Waals surface area contributed by atoms with Gasteiger partial charge < -0.3 is 22.1 Å². The second-order valence-electron chi connectivity index (χ2n) is 5.51. The Morgan fingerprint density at radius 2 is 1.80 bits per heavy atom. The normalized spacial score (nSPS) is 10.5. The van der Waals surface area contributed by atoms with Crippen LogP contribution in [-0.4, -0.2) is 33.6 Å². The first-order valence-electron chi connectivity index (χ1n) is 7.57. The van der Waals surface area contributed by atoms with Crippen LogP contribution >= 0.6 is 11.8 Å². The van der Waals surface area contributed by atoms with Gasteiger partial charge in [0.15, 0.2) is 5.16 Å². The second-order valence-corrected chi connectivity index (χ2v) is 6.45. The van der Waals surface area contributed by atoms with Crippen LogP contribution in [-0.2, 0) is 4.79 Å². The van der Waals surface area contributed by atoms with Crippen LogP contribution in [0.1, 0.15) is 24.2 Å². The Bertz CT molecular complexity index is 761. The summed E-state index contributed by atoms with van der Waals surface area (Å²) in [5, 5.41) is 5.84. The third-order valence-electron chi connectivity index (χ3n) is 2.94. The SMILES string of the molecule is CC(C)NC(=O)c1ccccc1NC(=O)CSc1nc(N)cc(N)n1. The fourth-order valence-corrected chi connectivity index (χ4v) is 2.65. The largest absolute Gasteiger partial charge is 0.383 e. The number of thioether (sulfide) groups is 1. The van der Waals surface area contributed by atoms with Crippen molar-refractivity contribution in [2.24, 2.45) is 0 Å². The highest BCUT2D eigenvalue weighted by atomic mass is 32.2.